The van der Waals surface area contributed by atoms with Crippen LogP contribution in [0.2, 0.25) is 0 Å². The van der Waals surface area contributed by atoms with Crippen LogP contribution in [0.15, 0.2) is 140 Å². The average Bonchev–Trinajstić information content (AvgIpc) is 2.84. The van der Waals surface area contributed by atoms with Crippen molar-refractivity contribution in [3.63, 3.8) is 0 Å². The SMILES string of the molecule is C=C[N+](CC=C(c1ccccc1)c1ccccc1)(c1ccccc1)c1ccccc1. The Bertz CT molecular complexity index is 1020. The third-order valence-corrected chi connectivity index (χ3v) is 5.50. The largest absolute Gasteiger partial charge is 0.230 e. The van der Waals surface area contributed by atoms with Crippen molar-refractivity contribution in [3.8, 4) is 0 Å². The van der Waals surface area contributed by atoms with E-state index in [1.807, 2.05) is 6.20 Å². The van der Waals surface area contributed by atoms with E-state index in [9.17, 15) is 0 Å². The van der Waals surface area contributed by atoms with E-state index in [0.29, 0.717) is 4.48 Å². The highest BCUT2D eigenvalue weighted by molar-refractivity contribution is 5.80. The molecule has 0 saturated heterocycles. The summed E-state index contributed by atoms with van der Waals surface area (Å²) in [7, 11) is 0. The first kappa shape index (κ1) is 19.6. The zero-order valence-electron chi connectivity index (χ0n) is 17.1. The third kappa shape index (κ3) is 4.03. The summed E-state index contributed by atoms with van der Waals surface area (Å²) in [5.41, 5.74) is 6.04. The molecule has 0 heterocycles. The molecular formula is C29H26N+. The minimum atomic E-state index is 0.546. The molecule has 0 N–H and O–H groups in total. The molecule has 1 nitrogen and oxygen atoms in total. The maximum Gasteiger partial charge on any atom is 0.142 e. The van der Waals surface area contributed by atoms with Crippen LogP contribution in [-0.4, -0.2) is 6.54 Å². The van der Waals surface area contributed by atoms with Gasteiger partial charge in [0.1, 0.15) is 17.9 Å². The fourth-order valence-electron chi connectivity index (χ4n) is 3.91. The normalized spacial score (nSPS) is 10.9. The highest BCUT2D eigenvalue weighted by atomic mass is 15.3. The van der Waals surface area contributed by atoms with Crippen LogP contribution in [0.4, 0.5) is 11.4 Å². The molecule has 1 heteroatoms. The molecule has 0 atom stereocenters. The Kier molecular flexibility index (Phi) is 6.03. The fourth-order valence-corrected chi connectivity index (χ4v) is 3.91. The lowest BCUT2D eigenvalue weighted by Gasteiger charge is -2.33. The lowest BCUT2D eigenvalue weighted by Crippen LogP contribution is -2.38. The molecule has 146 valence electrons. The van der Waals surface area contributed by atoms with Gasteiger partial charge < -0.3 is 0 Å². The molecule has 0 saturated carbocycles. The summed E-state index contributed by atoms with van der Waals surface area (Å²) in [6, 6.07) is 42.4. The molecule has 0 amide bonds. The topological polar surface area (TPSA) is 0 Å². The van der Waals surface area contributed by atoms with Gasteiger partial charge in [-0.25, -0.2) is 4.48 Å². The Hall–Kier alpha value is -3.68. The minimum Gasteiger partial charge on any atom is -0.230 e. The molecule has 0 aliphatic carbocycles. The Morgan fingerprint density at radius 1 is 0.567 bits per heavy atom. The number of quaternary nitrogens is 1. The van der Waals surface area contributed by atoms with Crippen LogP contribution in [0.5, 0.6) is 0 Å². The van der Waals surface area contributed by atoms with Gasteiger partial charge in [-0.1, -0.05) is 97.1 Å². The van der Waals surface area contributed by atoms with Gasteiger partial charge in [0, 0.05) is 0 Å². The van der Waals surface area contributed by atoms with E-state index in [4.69, 9.17) is 0 Å². The first-order valence-corrected chi connectivity index (χ1v) is 10.3. The second-order valence-corrected chi connectivity index (χ2v) is 7.25. The van der Waals surface area contributed by atoms with E-state index in [2.05, 4.69) is 134 Å². The predicted octanol–water partition coefficient (Wildman–Crippen LogP) is 7.60. The minimum absolute atomic E-state index is 0.546. The van der Waals surface area contributed by atoms with E-state index < -0.39 is 0 Å². The molecule has 4 rings (SSSR count). The van der Waals surface area contributed by atoms with Gasteiger partial charge in [-0.15, -0.1) is 0 Å². The summed E-state index contributed by atoms with van der Waals surface area (Å²) in [5.74, 6) is 0. The fraction of sp³-hybridized carbons (Fsp3) is 0.0345. The van der Waals surface area contributed by atoms with Crippen LogP contribution >= 0.6 is 0 Å². The molecular weight excluding hydrogens is 362 g/mol. The Morgan fingerprint density at radius 2 is 0.933 bits per heavy atom. The first-order valence-electron chi connectivity index (χ1n) is 10.3. The van der Waals surface area contributed by atoms with Gasteiger partial charge >= 0.3 is 0 Å². The van der Waals surface area contributed by atoms with Crippen LogP contribution in [-0.2, 0) is 0 Å². The second-order valence-electron chi connectivity index (χ2n) is 7.25. The maximum atomic E-state index is 4.25. The quantitative estimate of drug-likeness (QED) is 0.286. The zero-order valence-corrected chi connectivity index (χ0v) is 17.1. The van der Waals surface area contributed by atoms with Crippen molar-refractivity contribution >= 4 is 16.9 Å². The lowest BCUT2D eigenvalue weighted by molar-refractivity contribution is 0.559. The van der Waals surface area contributed by atoms with E-state index in [0.717, 1.165) is 6.54 Å². The van der Waals surface area contributed by atoms with Crippen LogP contribution in [0.1, 0.15) is 11.1 Å². The molecule has 0 fully saturated rings. The van der Waals surface area contributed by atoms with Crippen LogP contribution < -0.4 is 4.48 Å². The van der Waals surface area contributed by atoms with Crippen LogP contribution in [0.25, 0.3) is 5.57 Å². The summed E-state index contributed by atoms with van der Waals surface area (Å²) < 4.78 is 0.546. The maximum absolute atomic E-state index is 4.25. The smallest absolute Gasteiger partial charge is 0.142 e. The van der Waals surface area contributed by atoms with Crippen LogP contribution in [0.3, 0.4) is 0 Å². The van der Waals surface area contributed by atoms with Gasteiger partial charge in [0.25, 0.3) is 0 Å². The molecule has 0 radical (unpaired) electrons. The Labute approximate surface area is 179 Å². The highest BCUT2D eigenvalue weighted by Gasteiger charge is 2.29. The zero-order chi connectivity index (χ0) is 20.7. The number of hydrogen-bond donors (Lipinski definition) is 0. The Morgan fingerprint density at radius 3 is 1.30 bits per heavy atom. The average molecular weight is 389 g/mol. The van der Waals surface area contributed by atoms with Gasteiger partial charge in [-0.3, -0.25) is 0 Å². The molecule has 0 aliphatic rings. The van der Waals surface area contributed by atoms with Gasteiger partial charge in [-0.05, 0) is 53.6 Å². The third-order valence-electron chi connectivity index (χ3n) is 5.50. The first-order chi connectivity index (χ1) is 14.8. The second kappa shape index (κ2) is 9.21. The summed E-state index contributed by atoms with van der Waals surface area (Å²) >= 11 is 0. The van der Waals surface area contributed by atoms with Gasteiger partial charge in [-0.2, -0.15) is 0 Å². The number of para-hydroxylation sites is 2. The molecule has 0 unspecified atom stereocenters. The standard InChI is InChI=1S/C29H26N/c1-2-30(27-19-11-5-12-20-27,28-21-13-6-14-22-28)24-23-29(25-15-7-3-8-16-25)26-17-9-4-10-18-26/h2-23H,1,24H2/q+1. The lowest BCUT2D eigenvalue weighted by atomic mass is 9.97. The number of hydrogen-bond acceptors (Lipinski definition) is 0. The molecule has 4 aromatic rings. The highest BCUT2D eigenvalue weighted by Crippen LogP contribution is 2.36. The predicted molar refractivity (Wildman–Crippen MR) is 129 cm³/mol. The molecule has 30 heavy (non-hydrogen) atoms. The molecule has 0 aromatic heterocycles. The van der Waals surface area contributed by atoms with E-state index in [1.54, 1.807) is 0 Å². The molecule has 0 bridgehead atoms. The summed E-state index contributed by atoms with van der Waals surface area (Å²) in [6.07, 6.45) is 4.38. The van der Waals surface area contributed by atoms with Crippen molar-refractivity contribution in [2.75, 3.05) is 6.54 Å². The van der Waals surface area contributed by atoms with Gasteiger partial charge in [0.15, 0.2) is 0 Å². The van der Waals surface area contributed by atoms with Crippen molar-refractivity contribution in [1.29, 1.82) is 0 Å². The molecule has 0 aliphatic heterocycles. The monoisotopic (exact) mass is 388 g/mol. The van der Waals surface area contributed by atoms with E-state index in [-0.39, 0.29) is 0 Å². The van der Waals surface area contributed by atoms with Crippen molar-refractivity contribution in [2.24, 2.45) is 0 Å². The summed E-state index contributed by atoms with van der Waals surface area (Å²) in [5, 5.41) is 0. The van der Waals surface area contributed by atoms with Crippen LogP contribution in [0, 0.1) is 0 Å². The molecule has 0 spiro atoms. The van der Waals surface area contributed by atoms with Gasteiger partial charge in [0.2, 0.25) is 0 Å². The van der Waals surface area contributed by atoms with Crippen molar-refractivity contribution in [3.05, 3.63) is 151 Å². The van der Waals surface area contributed by atoms with Crippen molar-refractivity contribution in [1.82, 2.24) is 4.48 Å². The Balaban J connectivity index is 1.86. The van der Waals surface area contributed by atoms with Crippen molar-refractivity contribution in [2.45, 2.75) is 0 Å². The summed E-state index contributed by atoms with van der Waals surface area (Å²) in [4.78, 5) is 0. The number of nitrogens with zero attached hydrogens (tertiary/aromatic N) is 1. The number of rotatable bonds is 7. The molecule has 4 aromatic carbocycles. The van der Waals surface area contributed by atoms with Crippen molar-refractivity contribution < 1.29 is 0 Å². The van der Waals surface area contributed by atoms with Gasteiger partial charge in [0.05, 0.1) is 6.20 Å². The number of benzene rings is 4. The summed E-state index contributed by atoms with van der Waals surface area (Å²) in [6.45, 7) is 5.01. The van der Waals surface area contributed by atoms with E-state index in [1.165, 1.54) is 28.1 Å². The van der Waals surface area contributed by atoms with E-state index >= 15 is 0 Å².